The van der Waals surface area contributed by atoms with Crippen molar-refractivity contribution < 1.29 is 15.3 Å². The van der Waals surface area contributed by atoms with E-state index in [-0.39, 0.29) is 17.6 Å². The van der Waals surface area contributed by atoms with Crippen molar-refractivity contribution in [3.05, 3.63) is 11.6 Å². The van der Waals surface area contributed by atoms with Crippen LogP contribution in [0.15, 0.2) is 11.6 Å². The van der Waals surface area contributed by atoms with Crippen molar-refractivity contribution in [3.8, 4) is 0 Å². The molecule has 4 aliphatic rings. The molecule has 0 bridgehead atoms. The van der Waals surface area contributed by atoms with Crippen LogP contribution in [0.3, 0.4) is 0 Å². The molecule has 4 rings (SSSR count). The smallest absolute Gasteiger partial charge is 0.0786 e. The molecular formula is C26H44O3. The Bertz CT molecular complexity index is 629. The molecule has 29 heavy (non-hydrogen) atoms. The average molecular weight is 405 g/mol. The van der Waals surface area contributed by atoms with E-state index >= 15 is 0 Å². The van der Waals surface area contributed by atoms with Crippen LogP contribution in [0.25, 0.3) is 0 Å². The second kappa shape index (κ2) is 7.95. The molecule has 3 N–H and O–H groups in total. The van der Waals surface area contributed by atoms with Crippen molar-refractivity contribution in [1.82, 2.24) is 0 Å². The maximum Gasteiger partial charge on any atom is 0.0786 e. The highest BCUT2D eigenvalue weighted by Crippen LogP contribution is 2.69. The molecule has 4 aliphatic carbocycles. The number of aliphatic hydroxyl groups excluding tert-OH is 3. The van der Waals surface area contributed by atoms with Gasteiger partial charge in [0, 0.05) is 6.61 Å². The van der Waals surface area contributed by atoms with Crippen LogP contribution in [0.1, 0.15) is 85.5 Å². The van der Waals surface area contributed by atoms with Gasteiger partial charge in [0.2, 0.25) is 0 Å². The number of fused-ring (bicyclic) bond motifs is 5. The summed E-state index contributed by atoms with van der Waals surface area (Å²) >= 11 is 0. The topological polar surface area (TPSA) is 60.7 Å². The largest absolute Gasteiger partial charge is 0.396 e. The first-order valence-corrected chi connectivity index (χ1v) is 12.4. The van der Waals surface area contributed by atoms with Gasteiger partial charge in [0.1, 0.15) is 0 Å². The van der Waals surface area contributed by atoms with E-state index in [1.54, 1.807) is 0 Å². The number of aliphatic hydroxyl groups is 3. The molecule has 10 atom stereocenters. The summed E-state index contributed by atoms with van der Waals surface area (Å²) in [4.78, 5) is 0. The third kappa shape index (κ3) is 3.26. The molecule has 0 heterocycles. The van der Waals surface area contributed by atoms with E-state index in [0.29, 0.717) is 41.6 Å². The van der Waals surface area contributed by atoms with E-state index in [0.717, 1.165) is 38.0 Å². The first-order chi connectivity index (χ1) is 13.8. The minimum absolute atomic E-state index is 0.205. The van der Waals surface area contributed by atoms with Crippen LogP contribution in [0, 0.1) is 46.3 Å². The van der Waals surface area contributed by atoms with Crippen LogP contribution in [0.4, 0.5) is 0 Å². The molecule has 3 nitrogen and oxygen atoms in total. The Hall–Kier alpha value is -0.380. The molecule has 3 heteroatoms. The molecule has 0 amide bonds. The minimum atomic E-state index is -0.329. The SMILES string of the molecule is C/C=C1\C2C[C@H](O)CCC2(C)C2CC[C@@]3(C)C(CC[C@@H]3[C@H](C)CCCO)C2[C@H]1O. The summed E-state index contributed by atoms with van der Waals surface area (Å²) in [5, 5.41) is 31.3. The number of allylic oxidation sites excluding steroid dienone is 1. The molecule has 166 valence electrons. The second-order valence-corrected chi connectivity index (χ2v) is 11.6. The highest BCUT2D eigenvalue weighted by atomic mass is 16.3. The van der Waals surface area contributed by atoms with E-state index in [4.69, 9.17) is 0 Å². The van der Waals surface area contributed by atoms with Crippen molar-refractivity contribution in [3.63, 3.8) is 0 Å². The lowest BCUT2D eigenvalue weighted by Gasteiger charge is -2.63. The van der Waals surface area contributed by atoms with Crippen LogP contribution in [-0.2, 0) is 0 Å². The van der Waals surface area contributed by atoms with Gasteiger partial charge in [-0.05, 0) is 117 Å². The lowest BCUT2D eigenvalue weighted by molar-refractivity contribution is -0.147. The second-order valence-electron chi connectivity index (χ2n) is 11.6. The summed E-state index contributed by atoms with van der Waals surface area (Å²) < 4.78 is 0. The monoisotopic (exact) mass is 404 g/mol. The van der Waals surface area contributed by atoms with Crippen molar-refractivity contribution >= 4 is 0 Å². The molecule has 4 saturated carbocycles. The maximum absolute atomic E-state index is 11.6. The molecule has 0 radical (unpaired) electrons. The summed E-state index contributed by atoms with van der Waals surface area (Å²) in [5.74, 6) is 3.30. The van der Waals surface area contributed by atoms with Gasteiger partial charge in [-0.3, -0.25) is 0 Å². The Morgan fingerprint density at radius 1 is 1.03 bits per heavy atom. The first-order valence-electron chi connectivity index (χ1n) is 12.4. The third-order valence-electron chi connectivity index (χ3n) is 10.5. The zero-order valence-electron chi connectivity index (χ0n) is 19.1. The average Bonchev–Trinajstić information content (AvgIpc) is 3.05. The van der Waals surface area contributed by atoms with Gasteiger partial charge in [-0.25, -0.2) is 0 Å². The Morgan fingerprint density at radius 2 is 1.72 bits per heavy atom. The van der Waals surface area contributed by atoms with Crippen molar-refractivity contribution in [2.75, 3.05) is 6.61 Å². The third-order valence-corrected chi connectivity index (χ3v) is 10.5. The van der Waals surface area contributed by atoms with Gasteiger partial charge in [-0.1, -0.05) is 26.8 Å². The molecule has 0 aliphatic heterocycles. The van der Waals surface area contributed by atoms with E-state index in [1.807, 2.05) is 0 Å². The molecular weight excluding hydrogens is 360 g/mol. The van der Waals surface area contributed by atoms with Gasteiger partial charge >= 0.3 is 0 Å². The summed E-state index contributed by atoms with van der Waals surface area (Å²) in [6.07, 6.45) is 11.6. The summed E-state index contributed by atoms with van der Waals surface area (Å²) in [6.45, 7) is 9.81. The van der Waals surface area contributed by atoms with Crippen molar-refractivity contribution in [2.24, 2.45) is 46.3 Å². The predicted molar refractivity (Wildman–Crippen MR) is 117 cm³/mol. The first kappa shape index (κ1) is 21.8. The van der Waals surface area contributed by atoms with Gasteiger partial charge in [-0.2, -0.15) is 0 Å². The zero-order chi connectivity index (χ0) is 21.0. The van der Waals surface area contributed by atoms with Gasteiger partial charge in [0.15, 0.2) is 0 Å². The maximum atomic E-state index is 11.6. The molecule has 5 unspecified atom stereocenters. The van der Waals surface area contributed by atoms with E-state index in [9.17, 15) is 15.3 Å². The fourth-order valence-corrected chi connectivity index (χ4v) is 9.07. The van der Waals surface area contributed by atoms with Crippen LogP contribution in [0.5, 0.6) is 0 Å². The van der Waals surface area contributed by atoms with E-state index in [1.165, 1.54) is 31.3 Å². The Balaban J connectivity index is 1.65. The molecule has 4 fully saturated rings. The normalized spacial score (nSPS) is 52.0. The fourth-order valence-electron chi connectivity index (χ4n) is 9.07. The molecule has 0 saturated heterocycles. The number of hydrogen-bond donors (Lipinski definition) is 3. The molecule has 0 aromatic rings. The lowest BCUT2D eigenvalue weighted by Crippen LogP contribution is -2.59. The zero-order valence-corrected chi connectivity index (χ0v) is 19.1. The Labute approximate surface area is 178 Å². The Kier molecular flexibility index (Phi) is 5.99. The van der Waals surface area contributed by atoms with Gasteiger partial charge in [0.05, 0.1) is 12.2 Å². The Morgan fingerprint density at radius 3 is 2.41 bits per heavy atom. The minimum Gasteiger partial charge on any atom is -0.396 e. The van der Waals surface area contributed by atoms with Crippen molar-refractivity contribution in [2.45, 2.75) is 97.7 Å². The van der Waals surface area contributed by atoms with E-state index in [2.05, 4.69) is 33.8 Å². The van der Waals surface area contributed by atoms with Crippen LogP contribution >= 0.6 is 0 Å². The summed E-state index contributed by atoms with van der Waals surface area (Å²) in [7, 11) is 0. The fraction of sp³-hybridized carbons (Fsp3) is 0.923. The van der Waals surface area contributed by atoms with Crippen LogP contribution < -0.4 is 0 Å². The highest BCUT2D eigenvalue weighted by molar-refractivity contribution is 5.26. The van der Waals surface area contributed by atoms with Crippen LogP contribution in [-0.4, -0.2) is 34.1 Å². The van der Waals surface area contributed by atoms with Crippen LogP contribution in [0.2, 0.25) is 0 Å². The van der Waals surface area contributed by atoms with Gasteiger partial charge < -0.3 is 15.3 Å². The van der Waals surface area contributed by atoms with E-state index < -0.39 is 0 Å². The quantitative estimate of drug-likeness (QED) is 0.582. The highest BCUT2D eigenvalue weighted by Gasteiger charge is 2.63. The lowest BCUT2D eigenvalue weighted by atomic mass is 9.42. The predicted octanol–water partition coefficient (Wildman–Crippen LogP) is 4.94. The molecule has 0 aromatic carbocycles. The molecule has 0 spiro atoms. The van der Waals surface area contributed by atoms with Crippen molar-refractivity contribution in [1.29, 1.82) is 0 Å². The number of hydrogen-bond acceptors (Lipinski definition) is 3. The van der Waals surface area contributed by atoms with Gasteiger partial charge in [0.25, 0.3) is 0 Å². The molecule has 0 aromatic heterocycles. The summed E-state index contributed by atoms with van der Waals surface area (Å²) in [6, 6.07) is 0. The standard InChI is InChI=1S/C26H44O3/c1-5-18-22-15-17(28)10-12-26(22,4)21-11-13-25(3)19(16(2)7-6-14-27)8-9-20(25)23(21)24(18)29/h5,16-17,19-24,27-29H,6-15H2,1-4H3/b18-5+/t16-,17-,19-,20?,21?,22?,23?,24+,25-,26?/m1/s1. The van der Waals surface area contributed by atoms with Gasteiger partial charge in [-0.15, -0.1) is 0 Å². The number of rotatable bonds is 4. The summed E-state index contributed by atoms with van der Waals surface area (Å²) in [5.41, 5.74) is 1.79.